The number of nitrogens with zero attached hydrogens (tertiary/aromatic N) is 4. The zero-order valence-corrected chi connectivity index (χ0v) is 13.2. The third-order valence-electron chi connectivity index (χ3n) is 3.26. The van der Waals surface area contributed by atoms with Crippen LogP contribution in [0.2, 0.25) is 0 Å². The van der Waals surface area contributed by atoms with Crippen molar-refractivity contribution >= 4 is 11.7 Å². The average molecular weight is 299 g/mol. The lowest BCUT2D eigenvalue weighted by molar-refractivity contribution is 0.0949. The Morgan fingerprint density at radius 1 is 1.32 bits per heavy atom. The SMILES string of the molecule is CCCc1ncncc1C(=O)NCc1cccnc1N(C)C. The summed E-state index contributed by atoms with van der Waals surface area (Å²) in [5.41, 5.74) is 2.29. The average Bonchev–Trinajstić information content (AvgIpc) is 2.53. The quantitative estimate of drug-likeness (QED) is 0.881. The van der Waals surface area contributed by atoms with E-state index in [1.54, 1.807) is 12.4 Å². The van der Waals surface area contributed by atoms with Gasteiger partial charge in [-0.15, -0.1) is 0 Å². The van der Waals surface area contributed by atoms with Crippen molar-refractivity contribution in [1.29, 1.82) is 0 Å². The summed E-state index contributed by atoms with van der Waals surface area (Å²) in [4.78, 5) is 26.8. The van der Waals surface area contributed by atoms with Crippen LogP contribution in [0.4, 0.5) is 5.82 Å². The van der Waals surface area contributed by atoms with E-state index in [0.29, 0.717) is 12.1 Å². The maximum absolute atomic E-state index is 12.4. The van der Waals surface area contributed by atoms with E-state index in [4.69, 9.17) is 0 Å². The van der Waals surface area contributed by atoms with Gasteiger partial charge in [0.25, 0.3) is 5.91 Å². The summed E-state index contributed by atoms with van der Waals surface area (Å²) in [6.07, 6.45) is 6.49. The van der Waals surface area contributed by atoms with Crippen LogP contribution in [-0.4, -0.2) is 35.0 Å². The third kappa shape index (κ3) is 3.78. The normalized spacial score (nSPS) is 10.3. The van der Waals surface area contributed by atoms with E-state index in [2.05, 4.69) is 27.2 Å². The largest absolute Gasteiger partial charge is 0.362 e. The Morgan fingerprint density at radius 3 is 2.86 bits per heavy atom. The predicted octanol–water partition coefficient (Wildman–Crippen LogP) is 1.82. The monoisotopic (exact) mass is 299 g/mol. The molecule has 116 valence electrons. The lowest BCUT2D eigenvalue weighted by Crippen LogP contribution is -2.26. The zero-order valence-electron chi connectivity index (χ0n) is 13.2. The number of nitrogens with one attached hydrogen (secondary N) is 1. The van der Waals surface area contributed by atoms with Gasteiger partial charge in [-0.25, -0.2) is 15.0 Å². The number of amides is 1. The Bertz CT molecular complexity index is 642. The Hall–Kier alpha value is -2.50. The molecule has 2 heterocycles. The van der Waals surface area contributed by atoms with Crippen molar-refractivity contribution in [2.75, 3.05) is 19.0 Å². The lowest BCUT2D eigenvalue weighted by Gasteiger charge is -2.16. The van der Waals surface area contributed by atoms with Crippen LogP contribution >= 0.6 is 0 Å². The van der Waals surface area contributed by atoms with E-state index >= 15 is 0 Å². The van der Waals surface area contributed by atoms with Crippen molar-refractivity contribution in [3.8, 4) is 0 Å². The number of hydrogen-bond donors (Lipinski definition) is 1. The fourth-order valence-electron chi connectivity index (χ4n) is 2.22. The molecule has 0 fully saturated rings. The molecule has 0 saturated heterocycles. The van der Waals surface area contributed by atoms with Crippen LogP contribution in [-0.2, 0) is 13.0 Å². The Balaban J connectivity index is 2.11. The van der Waals surface area contributed by atoms with Crippen LogP contribution < -0.4 is 10.2 Å². The molecule has 6 heteroatoms. The van der Waals surface area contributed by atoms with Gasteiger partial charge in [0.2, 0.25) is 0 Å². The highest BCUT2D eigenvalue weighted by Crippen LogP contribution is 2.14. The highest BCUT2D eigenvalue weighted by Gasteiger charge is 2.13. The van der Waals surface area contributed by atoms with Gasteiger partial charge < -0.3 is 10.2 Å². The first-order chi connectivity index (χ1) is 10.6. The number of anilines is 1. The van der Waals surface area contributed by atoms with E-state index in [9.17, 15) is 4.79 Å². The van der Waals surface area contributed by atoms with E-state index in [1.807, 2.05) is 31.1 Å². The maximum Gasteiger partial charge on any atom is 0.254 e. The number of aromatic nitrogens is 3. The highest BCUT2D eigenvalue weighted by molar-refractivity contribution is 5.94. The van der Waals surface area contributed by atoms with Crippen LogP contribution in [0.15, 0.2) is 30.9 Å². The molecule has 2 rings (SSSR count). The highest BCUT2D eigenvalue weighted by atomic mass is 16.1. The van der Waals surface area contributed by atoms with Crippen LogP contribution in [0.1, 0.15) is 35.0 Å². The molecule has 2 aromatic heterocycles. The zero-order chi connectivity index (χ0) is 15.9. The minimum absolute atomic E-state index is 0.155. The molecule has 22 heavy (non-hydrogen) atoms. The summed E-state index contributed by atoms with van der Waals surface area (Å²) in [6, 6.07) is 3.82. The summed E-state index contributed by atoms with van der Waals surface area (Å²) in [5, 5.41) is 2.92. The number of aryl methyl sites for hydroxylation is 1. The van der Waals surface area contributed by atoms with Gasteiger partial charge in [0.1, 0.15) is 12.1 Å². The van der Waals surface area contributed by atoms with Crippen molar-refractivity contribution in [1.82, 2.24) is 20.3 Å². The molecule has 0 aromatic carbocycles. The number of pyridine rings is 1. The van der Waals surface area contributed by atoms with Crippen molar-refractivity contribution < 1.29 is 4.79 Å². The first-order valence-electron chi connectivity index (χ1n) is 7.31. The Labute approximate surface area is 130 Å². The van der Waals surface area contributed by atoms with Crippen LogP contribution in [0.5, 0.6) is 0 Å². The molecule has 0 aliphatic carbocycles. The molecule has 2 aromatic rings. The predicted molar refractivity (Wildman–Crippen MR) is 85.8 cm³/mol. The summed E-state index contributed by atoms with van der Waals surface area (Å²) < 4.78 is 0. The van der Waals surface area contributed by atoms with Crippen molar-refractivity contribution in [3.05, 3.63) is 47.7 Å². The molecule has 0 spiro atoms. The molecule has 0 aliphatic heterocycles. The molecule has 0 unspecified atom stereocenters. The summed E-state index contributed by atoms with van der Waals surface area (Å²) >= 11 is 0. The summed E-state index contributed by atoms with van der Waals surface area (Å²) in [6.45, 7) is 2.48. The molecular weight excluding hydrogens is 278 g/mol. The van der Waals surface area contributed by atoms with Gasteiger partial charge in [-0.2, -0.15) is 0 Å². The van der Waals surface area contributed by atoms with Crippen molar-refractivity contribution in [2.24, 2.45) is 0 Å². The van der Waals surface area contributed by atoms with Crippen molar-refractivity contribution in [2.45, 2.75) is 26.3 Å². The van der Waals surface area contributed by atoms with Crippen LogP contribution in [0.3, 0.4) is 0 Å². The molecule has 1 N–H and O–H groups in total. The maximum atomic E-state index is 12.4. The van der Waals surface area contributed by atoms with Gasteiger partial charge in [-0.1, -0.05) is 19.4 Å². The minimum Gasteiger partial charge on any atom is -0.362 e. The van der Waals surface area contributed by atoms with E-state index in [-0.39, 0.29) is 5.91 Å². The number of hydrogen-bond acceptors (Lipinski definition) is 5. The molecule has 0 radical (unpaired) electrons. The minimum atomic E-state index is -0.155. The molecule has 0 bridgehead atoms. The smallest absolute Gasteiger partial charge is 0.254 e. The second-order valence-corrected chi connectivity index (χ2v) is 5.20. The molecule has 0 saturated carbocycles. The Morgan fingerprint density at radius 2 is 2.14 bits per heavy atom. The molecule has 1 amide bonds. The molecule has 6 nitrogen and oxygen atoms in total. The van der Waals surface area contributed by atoms with E-state index in [1.165, 1.54) is 6.33 Å². The third-order valence-corrected chi connectivity index (χ3v) is 3.26. The van der Waals surface area contributed by atoms with Crippen molar-refractivity contribution in [3.63, 3.8) is 0 Å². The number of carbonyl (C=O) groups excluding carboxylic acids is 1. The Kier molecular flexibility index (Phi) is 5.41. The lowest BCUT2D eigenvalue weighted by atomic mass is 10.1. The van der Waals surface area contributed by atoms with E-state index in [0.717, 1.165) is 29.9 Å². The van der Waals surface area contributed by atoms with Gasteiger partial charge in [-0.05, 0) is 12.5 Å². The molecule has 0 atom stereocenters. The van der Waals surface area contributed by atoms with Crippen LogP contribution in [0.25, 0.3) is 0 Å². The van der Waals surface area contributed by atoms with Gasteiger partial charge in [-0.3, -0.25) is 4.79 Å². The second kappa shape index (κ2) is 7.49. The van der Waals surface area contributed by atoms with Gasteiger partial charge in [0, 0.05) is 38.6 Å². The topological polar surface area (TPSA) is 71.0 Å². The van der Waals surface area contributed by atoms with Gasteiger partial charge in [0.15, 0.2) is 0 Å². The first-order valence-corrected chi connectivity index (χ1v) is 7.31. The van der Waals surface area contributed by atoms with Gasteiger partial charge >= 0.3 is 0 Å². The van der Waals surface area contributed by atoms with Gasteiger partial charge in [0.05, 0.1) is 11.3 Å². The fraction of sp³-hybridized carbons (Fsp3) is 0.375. The summed E-state index contributed by atoms with van der Waals surface area (Å²) in [7, 11) is 3.86. The standard InChI is InChI=1S/C16H21N5O/c1-4-6-14-13(10-17-11-20-14)16(22)19-9-12-7-5-8-18-15(12)21(2)3/h5,7-8,10-11H,4,6,9H2,1-3H3,(H,19,22). The number of rotatable bonds is 6. The molecular formula is C16H21N5O. The summed E-state index contributed by atoms with van der Waals surface area (Å²) in [5.74, 6) is 0.693. The molecule has 0 aliphatic rings. The second-order valence-electron chi connectivity index (χ2n) is 5.20. The van der Waals surface area contributed by atoms with E-state index < -0.39 is 0 Å². The fourth-order valence-corrected chi connectivity index (χ4v) is 2.22. The first kappa shape index (κ1) is 15.9. The van der Waals surface area contributed by atoms with Crippen LogP contribution in [0, 0.1) is 0 Å². The number of carbonyl (C=O) groups is 1.